The van der Waals surface area contributed by atoms with Crippen molar-refractivity contribution < 1.29 is 0 Å². The first-order chi connectivity index (χ1) is 18.2. The molecule has 1 saturated heterocycles. The Kier molecular flexibility index (Phi) is 9.86. The van der Waals surface area contributed by atoms with Crippen LogP contribution in [0, 0.1) is 0 Å². The molecule has 3 heterocycles. The van der Waals surface area contributed by atoms with Crippen LogP contribution in [0.1, 0.15) is 51.8 Å². The van der Waals surface area contributed by atoms with Gasteiger partial charge in [0.2, 0.25) is 0 Å². The van der Waals surface area contributed by atoms with Crippen LogP contribution in [-0.2, 0) is 6.54 Å². The zero-order chi connectivity index (χ0) is 25.9. The minimum atomic E-state index is 0.734. The number of aromatic nitrogens is 4. The molecule has 0 atom stereocenters. The van der Waals surface area contributed by atoms with Crippen LogP contribution in [0.5, 0.6) is 0 Å². The molecule has 6 rings (SSSR count). The molecule has 2 aromatic heterocycles. The number of nitrogens with one attached hydrogen (secondary N) is 4. The van der Waals surface area contributed by atoms with Gasteiger partial charge in [-0.15, -0.1) is 0 Å². The van der Waals surface area contributed by atoms with Gasteiger partial charge < -0.3 is 20.6 Å². The molecular formula is C31H40N6. The first kappa shape index (κ1) is 26.6. The minimum Gasteiger partial charge on any atom is -0.345 e. The summed E-state index contributed by atoms with van der Waals surface area (Å²) >= 11 is 0. The summed E-state index contributed by atoms with van der Waals surface area (Å²) in [6.45, 7) is 7.59. The number of imidazole rings is 2. The minimum absolute atomic E-state index is 0.734. The Labute approximate surface area is 220 Å². The SMILES string of the molecule is C1CCNCC1.CCCC.CNCc1ncc(-c2ccc3cc(-c4ccc5nc[nH]c5c4)ccc3c2)[nH]1. The first-order valence-corrected chi connectivity index (χ1v) is 13.6. The number of rotatable bonds is 5. The zero-order valence-corrected chi connectivity index (χ0v) is 22.4. The third-order valence-corrected chi connectivity index (χ3v) is 6.58. The van der Waals surface area contributed by atoms with E-state index in [-0.39, 0.29) is 0 Å². The summed E-state index contributed by atoms with van der Waals surface area (Å²) in [7, 11) is 1.92. The zero-order valence-electron chi connectivity index (χ0n) is 22.4. The molecule has 6 nitrogen and oxygen atoms in total. The van der Waals surface area contributed by atoms with Crippen molar-refractivity contribution in [3.63, 3.8) is 0 Å². The predicted octanol–water partition coefficient (Wildman–Crippen LogP) is 7.06. The van der Waals surface area contributed by atoms with E-state index in [0.29, 0.717) is 0 Å². The summed E-state index contributed by atoms with van der Waals surface area (Å²) in [4.78, 5) is 15.2. The van der Waals surface area contributed by atoms with E-state index in [4.69, 9.17) is 0 Å². The third kappa shape index (κ3) is 7.28. The van der Waals surface area contributed by atoms with Crippen molar-refractivity contribution in [1.82, 2.24) is 30.6 Å². The Morgan fingerprint density at radius 2 is 1.46 bits per heavy atom. The average molecular weight is 497 g/mol. The van der Waals surface area contributed by atoms with E-state index in [2.05, 4.69) is 99.0 Å². The predicted molar refractivity (Wildman–Crippen MR) is 157 cm³/mol. The van der Waals surface area contributed by atoms with Gasteiger partial charge in [0.05, 0.1) is 35.8 Å². The highest BCUT2D eigenvalue weighted by atomic mass is 15.0. The molecule has 0 spiro atoms. The van der Waals surface area contributed by atoms with Gasteiger partial charge in [-0.05, 0) is 79.1 Å². The van der Waals surface area contributed by atoms with E-state index in [9.17, 15) is 0 Å². The van der Waals surface area contributed by atoms with Gasteiger partial charge in [0.15, 0.2) is 0 Å². The van der Waals surface area contributed by atoms with Crippen LogP contribution >= 0.6 is 0 Å². The molecule has 0 bridgehead atoms. The molecule has 6 heteroatoms. The van der Waals surface area contributed by atoms with Gasteiger partial charge in [0, 0.05) is 5.56 Å². The van der Waals surface area contributed by atoms with Crippen LogP contribution in [0.3, 0.4) is 0 Å². The molecule has 0 radical (unpaired) electrons. The molecule has 1 aliphatic heterocycles. The Morgan fingerprint density at radius 1 is 0.784 bits per heavy atom. The molecule has 0 saturated carbocycles. The van der Waals surface area contributed by atoms with Crippen molar-refractivity contribution in [2.45, 2.75) is 52.5 Å². The number of aromatic amines is 2. The molecule has 0 unspecified atom stereocenters. The van der Waals surface area contributed by atoms with Crippen molar-refractivity contribution in [3.05, 3.63) is 72.9 Å². The maximum Gasteiger partial charge on any atom is 0.120 e. The fourth-order valence-corrected chi connectivity index (χ4v) is 4.28. The van der Waals surface area contributed by atoms with Crippen LogP contribution in [0.4, 0.5) is 0 Å². The Hall–Kier alpha value is -3.48. The molecule has 1 aliphatic rings. The fraction of sp³-hybridized carbons (Fsp3) is 0.355. The first-order valence-electron chi connectivity index (χ1n) is 13.6. The van der Waals surface area contributed by atoms with Gasteiger partial charge in [-0.25, -0.2) is 9.97 Å². The normalized spacial score (nSPS) is 13.1. The number of hydrogen-bond acceptors (Lipinski definition) is 4. The van der Waals surface area contributed by atoms with Crippen molar-refractivity contribution in [1.29, 1.82) is 0 Å². The van der Waals surface area contributed by atoms with E-state index >= 15 is 0 Å². The average Bonchev–Trinajstić information content (AvgIpc) is 3.63. The standard InChI is InChI=1S/C22H19N5.C5H11N.C4H10/c1-23-12-22-24-11-21(27-22)18-5-4-14-8-15(2-3-16(14)9-18)17-6-7-19-20(10-17)26-13-25-19;1-2-4-6-5-3-1;1-3-4-2/h2-11,13,23H,12H2,1H3,(H,24,27)(H,25,26);6H,1-5H2;3-4H2,1-2H3. The van der Waals surface area contributed by atoms with Gasteiger partial charge in [-0.2, -0.15) is 0 Å². The van der Waals surface area contributed by atoms with Gasteiger partial charge in [-0.3, -0.25) is 0 Å². The van der Waals surface area contributed by atoms with Crippen molar-refractivity contribution in [3.8, 4) is 22.4 Å². The molecular weight excluding hydrogens is 456 g/mol. The molecule has 0 amide bonds. The second-order valence-electron chi connectivity index (χ2n) is 9.50. The van der Waals surface area contributed by atoms with E-state index in [1.807, 2.05) is 13.2 Å². The number of benzene rings is 3. The van der Waals surface area contributed by atoms with Gasteiger partial charge in [0.1, 0.15) is 5.82 Å². The van der Waals surface area contributed by atoms with Crippen molar-refractivity contribution in [2.24, 2.45) is 0 Å². The van der Waals surface area contributed by atoms with E-state index in [0.717, 1.165) is 34.7 Å². The molecule has 4 N–H and O–H groups in total. The monoisotopic (exact) mass is 496 g/mol. The smallest absolute Gasteiger partial charge is 0.120 e. The Balaban J connectivity index is 0.000000271. The number of unbranched alkanes of at least 4 members (excludes halogenated alkanes) is 1. The lowest BCUT2D eigenvalue weighted by Crippen LogP contribution is -2.21. The molecule has 3 aromatic carbocycles. The van der Waals surface area contributed by atoms with Gasteiger partial charge in [-0.1, -0.05) is 63.4 Å². The van der Waals surface area contributed by atoms with Gasteiger partial charge >= 0.3 is 0 Å². The highest BCUT2D eigenvalue weighted by Gasteiger charge is 2.06. The maximum atomic E-state index is 4.41. The highest BCUT2D eigenvalue weighted by Crippen LogP contribution is 2.29. The third-order valence-electron chi connectivity index (χ3n) is 6.58. The topological polar surface area (TPSA) is 81.4 Å². The second kappa shape index (κ2) is 13.7. The van der Waals surface area contributed by atoms with Crippen LogP contribution in [0.15, 0.2) is 67.1 Å². The van der Waals surface area contributed by atoms with Crippen LogP contribution in [0.25, 0.3) is 44.2 Å². The molecule has 37 heavy (non-hydrogen) atoms. The lowest BCUT2D eigenvalue weighted by Gasteiger charge is -2.08. The number of piperidine rings is 1. The van der Waals surface area contributed by atoms with Crippen molar-refractivity contribution >= 4 is 21.8 Å². The largest absolute Gasteiger partial charge is 0.345 e. The Morgan fingerprint density at radius 3 is 2.11 bits per heavy atom. The van der Waals surface area contributed by atoms with Gasteiger partial charge in [0.25, 0.3) is 0 Å². The van der Waals surface area contributed by atoms with Crippen molar-refractivity contribution in [2.75, 3.05) is 20.1 Å². The summed E-state index contributed by atoms with van der Waals surface area (Å²) in [6.07, 6.45) is 10.5. The van der Waals surface area contributed by atoms with E-state index < -0.39 is 0 Å². The number of fused-ring (bicyclic) bond motifs is 2. The van der Waals surface area contributed by atoms with Crippen LogP contribution in [0.2, 0.25) is 0 Å². The molecule has 0 aliphatic carbocycles. The summed E-state index contributed by atoms with van der Waals surface area (Å²) in [5, 5.41) is 8.82. The summed E-state index contributed by atoms with van der Waals surface area (Å²) in [5.74, 6) is 0.942. The highest BCUT2D eigenvalue weighted by molar-refractivity contribution is 5.91. The summed E-state index contributed by atoms with van der Waals surface area (Å²) < 4.78 is 0. The van der Waals surface area contributed by atoms with Crippen LogP contribution in [-0.4, -0.2) is 40.1 Å². The molecule has 5 aromatic rings. The summed E-state index contributed by atoms with van der Waals surface area (Å²) in [5.41, 5.74) is 6.61. The molecule has 1 fully saturated rings. The second-order valence-corrected chi connectivity index (χ2v) is 9.50. The number of nitrogens with zero attached hydrogens (tertiary/aromatic N) is 2. The number of H-pyrrole nitrogens is 2. The lowest BCUT2D eigenvalue weighted by molar-refractivity contribution is 0.520. The summed E-state index contributed by atoms with van der Waals surface area (Å²) in [6, 6.07) is 19.4. The molecule has 194 valence electrons. The van der Waals surface area contributed by atoms with E-state index in [1.165, 1.54) is 67.1 Å². The van der Waals surface area contributed by atoms with Crippen LogP contribution < -0.4 is 10.6 Å². The lowest BCUT2D eigenvalue weighted by atomic mass is 9.99. The Bertz CT molecular complexity index is 1370. The maximum absolute atomic E-state index is 4.41. The van der Waals surface area contributed by atoms with E-state index in [1.54, 1.807) is 6.33 Å². The number of hydrogen-bond donors (Lipinski definition) is 4. The fourth-order valence-electron chi connectivity index (χ4n) is 4.28. The quantitative estimate of drug-likeness (QED) is 0.210.